The number of amides is 1. The second-order valence-electron chi connectivity index (χ2n) is 6.15. The smallest absolute Gasteiger partial charge is 0.322 e. The number of nitrogens with zero attached hydrogens (tertiary/aromatic N) is 4. The van der Waals surface area contributed by atoms with Crippen molar-refractivity contribution in [2.24, 2.45) is 5.73 Å². The zero-order valence-corrected chi connectivity index (χ0v) is 15.5. The Kier molecular flexibility index (Phi) is 4.94. The molecule has 0 unspecified atom stereocenters. The molecule has 0 atom stereocenters. The van der Waals surface area contributed by atoms with Gasteiger partial charge in [-0.25, -0.2) is 4.98 Å². The van der Waals surface area contributed by atoms with Gasteiger partial charge in [-0.05, 0) is 18.2 Å². The first-order chi connectivity index (χ1) is 14.1. The summed E-state index contributed by atoms with van der Waals surface area (Å²) in [4.78, 5) is 25.4. The fraction of sp³-hybridized carbons (Fsp3) is 0.158. The van der Waals surface area contributed by atoms with Crippen LogP contribution in [-0.2, 0) is 11.4 Å². The minimum absolute atomic E-state index is 0.120. The van der Waals surface area contributed by atoms with E-state index in [0.717, 1.165) is 5.39 Å². The predicted octanol–water partition coefficient (Wildman–Crippen LogP) is 1.84. The number of carbonyl (C=O) groups is 1. The summed E-state index contributed by atoms with van der Waals surface area (Å²) in [6.45, 7) is 0.0346. The summed E-state index contributed by atoms with van der Waals surface area (Å²) in [5.41, 5.74) is 10.1. The Morgan fingerprint density at radius 2 is 2.17 bits per heavy atom. The van der Waals surface area contributed by atoms with Gasteiger partial charge in [-0.15, -0.1) is 0 Å². The molecule has 0 aliphatic carbocycles. The SMILES string of the molecule is CONc1cccc(Oc2ncc3ccc4c(C(N)=O)nn(CCO)c4c3n2)c1. The number of rotatable bonds is 7. The Hall–Kier alpha value is -3.76. The van der Waals surface area contributed by atoms with Gasteiger partial charge in [0.15, 0.2) is 5.69 Å². The zero-order chi connectivity index (χ0) is 20.4. The van der Waals surface area contributed by atoms with E-state index in [0.29, 0.717) is 27.9 Å². The molecule has 2 aromatic carbocycles. The largest absolute Gasteiger partial charge is 0.424 e. The van der Waals surface area contributed by atoms with Crippen LogP contribution in [0.15, 0.2) is 42.6 Å². The first kappa shape index (κ1) is 18.6. The number of aliphatic hydroxyl groups is 1. The molecule has 10 nitrogen and oxygen atoms in total. The fourth-order valence-corrected chi connectivity index (χ4v) is 3.08. The maximum absolute atomic E-state index is 11.8. The number of anilines is 1. The van der Waals surface area contributed by atoms with Gasteiger partial charge in [0.1, 0.15) is 11.3 Å². The monoisotopic (exact) mass is 394 g/mol. The van der Waals surface area contributed by atoms with E-state index in [9.17, 15) is 9.90 Å². The van der Waals surface area contributed by atoms with E-state index in [1.54, 1.807) is 36.5 Å². The highest BCUT2D eigenvalue weighted by Gasteiger charge is 2.18. The normalized spacial score (nSPS) is 11.1. The Bertz CT molecular complexity index is 1210. The lowest BCUT2D eigenvalue weighted by atomic mass is 10.1. The lowest BCUT2D eigenvalue weighted by molar-refractivity contribution is 0.0996. The summed E-state index contributed by atoms with van der Waals surface area (Å²) < 4.78 is 7.30. The summed E-state index contributed by atoms with van der Waals surface area (Å²) in [6, 6.07) is 10.8. The van der Waals surface area contributed by atoms with E-state index in [4.69, 9.17) is 15.3 Å². The molecule has 148 valence electrons. The van der Waals surface area contributed by atoms with Gasteiger partial charge >= 0.3 is 6.01 Å². The topological polar surface area (TPSA) is 137 Å². The third kappa shape index (κ3) is 3.53. The molecule has 10 heteroatoms. The molecule has 0 spiro atoms. The first-order valence-corrected chi connectivity index (χ1v) is 8.74. The van der Waals surface area contributed by atoms with Crippen LogP contribution in [-0.4, -0.2) is 44.5 Å². The molecule has 4 N–H and O–H groups in total. The van der Waals surface area contributed by atoms with Crippen LogP contribution in [0.1, 0.15) is 10.5 Å². The van der Waals surface area contributed by atoms with Crippen molar-refractivity contribution in [2.45, 2.75) is 6.54 Å². The van der Waals surface area contributed by atoms with Gasteiger partial charge in [0.05, 0.1) is 31.5 Å². The van der Waals surface area contributed by atoms with Crippen LogP contribution in [0.3, 0.4) is 0 Å². The van der Waals surface area contributed by atoms with Crippen molar-refractivity contribution in [1.29, 1.82) is 0 Å². The first-order valence-electron chi connectivity index (χ1n) is 8.74. The van der Waals surface area contributed by atoms with Crippen LogP contribution < -0.4 is 16.0 Å². The molecule has 0 fully saturated rings. The summed E-state index contributed by atoms with van der Waals surface area (Å²) in [5.74, 6) is -0.140. The van der Waals surface area contributed by atoms with Gasteiger partial charge in [-0.2, -0.15) is 10.1 Å². The fourth-order valence-electron chi connectivity index (χ4n) is 3.08. The number of primary amides is 1. The van der Waals surface area contributed by atoms with Gasteiger partial charge < -0.3 is 15.6 Å². The molecular formula is C19H18N6O4. The molecule has 0 aliphatic heterocycles. The van der Waals surface area contributed by atoms with Crippen LogP contribution in [0.4, 0.5) is 5.69 Å². The molecule has 2 heterocycles. The van der Waals surface area contributed by atoms with Gasteiger partial charge in [-0.3, -0.25) is 19.8 Å². The van der Waals surface area contributed by atoms with Crippen molar-refractivity contribution in [3.63, 3.8) is 0 Å². The molecule has 1 amide bonds. The van der Waals surface area contributed by atoms with Crippen molar-refractivity contribution >= 4 is 33.4 Å². The average molecular weight is 394 g/mol. The number of aromatic nitrogens is 4. The number of hydrogen-bond donors (Lipinski definition) is 3. The average Bonchev–Trinajstić information content (AvgIpc) is 3.08. The summed E-state index contributed by atoms with van der Waals surface area (Å²) in [6.07, 6.45) is 1.62. The number of fused-ring (bicyclic) bond motifs is 3. The number of aliphatic hydroxyl groups excluding tert-OH is 1. The molecule has 0 saturated heterocycles. The Labute approximate surface area is 164 Å². The quantitative estimate of drug-likeness (QED) is 0.404. The van der Waals surface area contributed by atoms with E-state index in [2.05, 4.69) is 20.5 Å². The Balaban J connectivity index is 1.82. The Morgan fingerprint density at radius 3 is 2.93 bits per heavy atom. The highest BCUT2D eigenvalue weighted by molar-refractivity contribution is 6.11. The molecule has 0 saturated carbocycles. The summed E-state index contributed by atoms with van der Waals surface area (Å²) in [5, 5.41) is 14.9. The minimum Gasteiger partial charge on any atom is -0.424 e. The van der Waals surface area contributed by atoms with E-state index < -0.39 is 5.91 Å². The van der Waals surface area contributed by atoms with Crippen molar-refractivity contribution < 1.29 is 19.5 Å². The molecule has 0 bridgehead atoms. The lowest BCUT2D eigenvalue weighted by Gasteiger charge is -2.08. The zero-order valence-electron chi connectivity index (χ0n) is 15.5. The van der Waals surface area contributed by atoms with E-state index in [1.807, 2.05) is 6.07 Å². The molecule has 4 rings (SSSR count). The minimum atomic E-state index is -0.654. The lowest BCUT2D eigenvalue weighted by Crippen LogP contribution is -2.13. The molecule has 4 aromatic rings. The van der Waals surface area contributed by atoms with Gasteiger partial charge in [0.2, 0.25) is 0 Å². The molecule has 0 radical (unpaired) electrons. The number of nitrogens with two attached hydrogens (primary N) is 1. The standard InChI is InChI=1S/C19H18N6O4/c1-28-24-12-3-2-4-13(9-12)29-19-21-10-11-5-6-14-16(18(20)27)23-25(7-8-26)17(14)15(11)22-19/h2-6,9-10,24,26H,7-8H2,1H3,(H2,20,27). The number of hydrogen-bond acceptors (Lipinski definition) is 8. The third-order valence-electron chi connectivity index (χ3n) is 4.25. The van der Waals surface area contributed by atoms with E-state index in [-0.39, 0.29) is 24.9 Å². The number of nitrogens with one attached hydrogen (secondary N) is 1. The molecule has 2 aromatic heterocycles. The van der Waals surface area contributed by atoms with Crippen molar-refractivity contribution in [1.82, 2.24) is 19.7 Å². The van der Waals surface area contributed by atoms with Crippen LogP contribution in [0, 0.1) is 0 Å². The summed E-state index contributed by atoms with van der Waals surface area (Å²) in [7, 11) is 1.51. The molecular weight excluding hydrogens is 376 g/mol. The summed E-state index contributed by atoms with van der Waals surface area (Å²) >= 11 is 0. The van der Waals surface area contributed by atoms with Gasteiger partial charge in [0, 0.05) is 23.0 Å². The Morgan fingerprint density at radius 1 is 1.31 bits per heavy atom. The van der Waals surface area contributed by atoms with Crippen molar-refractivity contribution in [3.05, 3.63) is 48.3 Å². The second-order valence-corrected chi connectivity index (χ2v) is 6.15. The molecule has 0 aliphatic rings. The van der Waals surface area contributed by atoms with Crippen molar-refractivity contribution in [2.75, 3.05) is 19.2 Å². The maximum atomic E-state index is 11.8. The molecule has 29 heavy (non-hydrogen) atoms. The third-order valence-corrected chi connectivity index (χ3v) is 4.25. The number of benzene rings is 2. The van der Waals surface area contributed by atoms with E-state index in [1.165, 1.54) is 11.8 Å². The predicted molar refractivity (Wildman–Crippen MR) is 106 cm³/mol. The number of ether oxygens (including phenoxy) is 1. The van der Waals surface area contributed by atoms with Crippen LogP contribution in [0.25, 0.3) is 21.8 Å². The van der Waals surface area contributed by atoms with Crippen LogP contribution in [0.2, 0.25) is 0 Å². The maximum Gasteiger partial charge on any atom is 0.322 e. The highest BCUT2D eigenvalue weighted by atomic mass is 16.6. The second kappa shape index (κ2) is 7.70. The van der Waals surface area contributed by atoms with Crippen LogP contribution >= 0.6 is 0 Å². The van der Waals surface area contributed by atoms with Crippen molar-refractivity contribution in [3.8, 4) is 11.8 Å². The van der Waals surface area contributed by atoms with Gasteiger partial charge in [0.25, 0.3) is 5.91 Å². The number of carbonyl (C=O) groups excluding carboxylic acids is 1. The van der Waals surface area contributed by atoms with Crippen LogP contribution in [0.5, 0.6) is 11.8 Å². The van der Waals surface area contributed by atoms with Gasteiger partial charge in [-0.1, -0.05) is 12.1 Å². The van der Waals surface area contributed by atoms with E-state index >= 15 is 0 Å². The highest BCUT2D eigenvalue weighted by Crippen LogP contribution is 2.29.